The lowest BCUT2D eigenvalue weighted by Crippen LogP contribution is -2.17. The molecule has 1 atom stereocenters. The molecule has 0 spiro atoms. The largest absolute Gasteiger partial charge is 0.469 e. The smallest absolute Gasteiger partial charge is 0.182 e. The van der Waals surface area contributed by atoms with E-state index < -0.39 is 5.92 Å². The quantitative estimate of drug-likeness (QED) is 0.638. The minimum Gasteiger partial charge on any atom is -0.469 e. The molecule has 2 aromatic heterocycles. The Labute approximate surface area is 140 Å². The summed E-state index contributed by atoms with van der Waals surface area (Å²) in [6, 6.07) is 15.9. The van der Waals surface area contributed by atoms with Crippen LogP contribution in [0.4, 0.5) is 0 Å². The number of nitrogens with zero attached hydrogens (tertiary/aromatic N) is 1. The summed E-state index contributed by atoms with van der Waals surface area (Å²) >= 11 is 0. The number of hydrogen-bond acceptors (Lipinski definition) is 4. The van der Waals surface area contributed by atoms with Crippen molar-refractivity contribution < 1.29 is 14.0 Å². The van der Waals surface area contributed by atoms with E-state index in [0.29, 0.717) is 17.0 Å². The highest BCUT2D eigenvalue weighted by Crippen LogP contribution is 2.26. The third-order valence-corrected chi connectivity index (χ3v) is 3.88. The monoisotopic (exact) mass is 319 g/mol. The highest BCUT2D eigenvalue weighted by atomic mass is 16.3. The van der Waals surface area contributed by atoms with Crippen LogP contribution in [0.15, 0.2) is 71.5 Å². The molecule has 0 fully saturated rings. The molecule has 0 aliphatic heterocycles. The van der Waals surface area contributed by atoms with Crippen LogP contribution in [0.2, 0.25) is 0 Å². The number of ketones is 2. The molecule has 120 valence electrons. The summed E-state index contributed by atoms with van der Waals surface area (Å²) in [5.74, 6) is -0.478. The molecule has 0 N–H and O–H groups in total. The van der Waals surface area contributed by atoms with E-state index >= 15 is 0 Å². The second-order valence-corrected chi connectivity index (χ2v) is 5.64. The zero-order chi connectivity index (χ0) is 16.9. The molecule has 0 aliphatic rings. The zero-order valence-electron chi connectivity index (χ0n) is 13.3. The average Bonchev–Trinajstić information content (AvgIpc) is 3.14. The van der Waals surface area contributed by atoms with Gasteiger partial charge in [0.1, 0.15) is 11.5 Å². The van der Waals surface area contributed by atoms with E-state index in [1.165, 1.54) is 6.26 Å². The first-order valence-electron chi connectivity index (χ1n) is 7.73. The third kappa shape index (κ3) is 3.49. The Morgan fingerprint density at radius 3 is 2.46 bits per heavy atom. The Hall–Kier alpha value is -3.01. The Morgan fingerprint density at radius 1 is 1.04 bits per heavy atom. The van der Waals surface area contributed by atoms with E-state index in [-0.39, 0.29) is 18.0 Å². The van der Waals surface area contributed by atoms with Gasteiger partial charge in [0.25, 0.3) is 0 Å². The van der Waals surface area contributed by atoms with Crippen LogP contribution in [0.25, 0.3) is 0 Å². The van der Waals surface area contributed by atoms with E-state index in [1.54, 1.807) is 48.7 Å². The molecule has 3 aromatic rings. The Bertz CT molecular complexity index is 821. The van der Waals surface area contributed by atoms with Crippen LogP contribution in [0.3, 0.4) is 0 Å². The summed E-state index contributed by atoms with van der Waals surface area (Å²) in [7, 11) is 0. The van der Waals surface area contributed by atoms with Crippen molar-refractivity contribution in [2.75, 3.05) is 0 Å². The summed E-state index contributed by atoms with van der Waals surface area (Å²) in [6.45, 7) is 1.96. The molecule has 0 saturated carbocycles. The number of carbonyl (C=O) groups excluding carboxylic acids is 2. The maximum atomic E-state index is 12.9. The number of Topliss-reactive ketones (excluding diaryl/α,β-unsaturated/α-hetero) is 2. The summed E-state index contributed by atoms with van der Waals surface area (Å²) < 4.78 is 5.41. The molecule has 0 radical (unpaired) electrons. The average molecular weight is 319 g/mol. The molecule has 24 heavy (non-hydrogen) atoms. The van der Waals surface area contributed by atoms with Crippen molar-refractivity contribution in [1.29, 1.82) is 0 Å². The molecule has 2 heterocycles. The molecule has 4 heteroatoms. The Balaban J connectivity index is 1.88. The van der Waals surface area contributed by atoms with Crippen molar-refractivity contribution in [3.8, 4) is 0 Å². The summed E-state index contributed by atoms with van der Waals surface area (Å²) in [4.78, 5) is 29.4. The minimum absolute atomic E-state index is 0.0250. The van der Waals surface area contributed by atoms with Crippen LogP contribution < -0.4 is 0 Å². The second kappa shape index (κ2) is 7.04. The van der Waals surface area contributed by atoms with E-state index in [1.807, 2.05) is 19.1 Å². The Kier molecular flexibility index (Phi) is 4.66. The van der Waals surface area contributed by atoms with Crippen LogP contribution in [-0.2, 0) is 0 Å². The normalized spacial score (nSPS) is 11.9. The Morgan fingerprint density at radius 2 is 1.83 bits per heavy atom. The van der Waals surface area contributed by atoms with Crippen molar-refractivity contribution in [3.63, 3.8) is 0 Å². The van der Waals surface area contributed by atoms with Crippen molar-refractivity contribution in [1.82, 2.24) is 4.98 Å². The van der Waals surface area contributed by atoms with Gasteiger partial charge in [0.05, 0.1) is 12.2 Å². The van der Waals surface area contributed by atoms with Gasteiger partial charge in [0.2, 0.25) is 0 Å². The van der Waals surface area contributed by atoms with Crippen molar-refractivity contribution in [3.05, 3.63) is 89.6 Å². The van der Waals surface area contributed by atoms with Crippen molar-refractivity contribution in [2.24, 2.45) is 0 Å². The standard InChI is InChI=1S/C20H17NO3/c1-14-7-9-15(10-8-14)20(23)16(19-6-4-12-24-19)13-18(22)17-5-2-3-11-21-17/h2-12,16H,13H2,1H3. The van der Waals surface area contributed by atoms with Gasteiger partial charge in [-0.1, -0.05) is 35.9 Å². The molecule has 3 rings (SSSR count). The first-order chi connectivity index (χ1) is 11.6. The first-order valence-corrected chi connectivity index (χ1v) is 7.73. The molecule has 4 nitrogen and oxygen atoms in total. The van der Waals surface area contributed by atoms with Crippen LogP contribution in [0.5, 0.6) is 0 Å². The molecule has 0 amide bonds. The molecule has 1 unspecified atom stereocenters. The van der Waals surface area contributed by atoms with Gasteiger partial charge in [-0.3, -0.25) is 14.6 Å². The molecule has 0 saturated heterocycles. The van der Waals surface area contributed by atoms with Gasteiger partial charge < -0.3 is 4.42 Å². The van der Waals surface area contributed by atoms with Crippen LogP contribution in [0.1, 0.15) is 44.5 Å². The number of aryl methyl sites for hydroxylation is 1. The SMILES string of the molecule is Cc1ccc(C(=O)C(CC(=O)c2ccccn2)c2ccco2)cc1. The maximum Gasteiger partial charge on any atom is 0.182 e. The van der Waals surface area contributed by atoms with E-state index in [4.69, 9.17) is 4.42 Å². The molecule has 0 aliphatic carbocycles. The second-order valence-electron chi connectivity index (χ2n) is 5.64. The summed E-state index contributed by atoms with van der Waals surface area (Å²) in [5, 5.41) is 0. The van der Waals surface area contributed by atoms with Crippen LogP contribution in [0, 0.1) is 6.92 Å². The summed E-state index contributed by atoms with van der Waals surface area (Å²) in [5.41, 5.74) is 1.99. The fourth-order valence-corrected chi connectivity index (χ4v) is 2.55. The zero-order valence-corrected chi connectivity index (χ0v) is 13.3. The van der Waals surface area contributed by atoms with Gasteiger partial charge in [0.15, 0.2) is 11.6 Å². The third-order valence-electron chi connectivity index (χ3n) is 3.88. The van der Waals surface area contributed by atoms with Gasteiger partial charge >= 0.3 is 0 Å². The highest BCUT2D eigenvalue weighted by Gasteiger charge is 2.28. The van der Waals surface area contributed by atoms with E-state index in [0.717, 1.165) is 5.56 Å². The molecule has 1 aromatic carbocycles. The fraction of sp³-hybridized carbons (Fsp3) is 0.150. The van der Waals surface area contributed by atoms with Crippen LogP contribution in [-0.4, -0.2) is 16.6 Å². The van der Waals surface area contributed by atoms with E-state index in [9.17, 15) is 9.59 Å². The molecular weight excluding hydrogens is 302 g/mol. The van der Waals surface area contributed by atoms with Crippen molar-refractivity contribution >= 4 is 11.6 Å². The minimum atomic E-state index is -0.655. The van der Waals surface area contributed by atoms with E-state index in [2.05, 4.69) is 4.98 Å². The summed E-state index contributed by atoms with van der Waals surface area (Å²) in [6.07, 6.45) is 3.10. The van der Waals surface area contributed by atoms with Gasteiger partial charge in [-0.2, -0.15) is 0 Å². The molecular formula is C20H17NO3. The van der Waals surface area contributed by atoms with Gasteiger partial charge in [0, 0.05) is 18.2 Å². The number of rotatable bonds is 6. The number of benzene rings is 1. The fourth-order valence-electron chi connectivity index (χ4n) is 2.55. The maximum absolute atomic E-state index is 12.9. The molecule has 0 bridgehead atoms. The number of pyridine rings is 1. The topological polar surface area (TPSA) is 60.2 Å². The number of hydrogen-bond donors (Lipinski definition) is 0. The predicted octanol–water partition coefficient (Wildman–Crippen LogP) is 4.22. The van der Waals surface area contributed by atoms with Gasteiger partial charge in [-0.15, -0.1) is 0 Å². The highest BCUT2D eigenvalue weighted by molar-refractivity contribution is 6.05. The first kappa shape index (κ1) is 15.9. The van der Waals surface area contributed by atoms with Crippen LogP contribution >= 0.6 is 0 Å². The van der Waals surface area contributed by atoms with Gasteiger partial charge in [-0.05, 0) is 31.2 Å². The lowest BCUT2D eigenvalue weighted by atomic mass is 9.89. The predicted molar refractivity (Wildman–Crippen MR) is 90.1 cm³/mol. The number of aromatic nitrogens is 1. The lowest BCUT2D eigenvalue weighted by molar-refractivity contribution is 0.0881. The van der Waals surface area contributed by atoms with Crippen molar-refractivity contribution in [2.45, 2.75) is 19.3 Å². The number of carbonyl (C=O) groups is 2. The number of furan rings is 1. The van der Waals surface area contributed by atoms with Gasteiger partial charge in [-0.25, -0.2) is 0 Å². The lowest BCUT2D eigenvalue weighted by Gasteiger charge is -2.13.